The average Bonchev–Trinajstić information content (AvgIpc) is 3.04. The standard InChI is InChI=1S/C9H7N2.C8H8O/c1-2-4-8(5-3-1)9-6-7-10-11-9;1-7(9)8-5-3-2-4-6-8/h2-7H,(H,10,11);2-6H,1H3. The van der Waals surface area contributed by atoms with E-state index in [4.69, 9.17) is 0 Å². The van der Waals surface area contributed by atoms with Gasteiger partial charge in [0.25, 0.3) is 0 Å². The van der Waals surface area contributed by atoms with Crippen molar-refractivity contribution in [1.82, 2.24) is 10.2 Å². The fraction of sp³-hybridized carbons (Fsp3) is 0.0588. The summed E-state index contributed by atoms with van der Waals surface area (Å²) in [6, 6.07) is 21.8. The van der Waals surface area contributed by atoms with Crippen LogP contribution < -0.4 is 0 Å². The molecule has 2 aromatic carbocycles. The van der Waals surface area contributed by atoms with Gasteiger partial charge in [-0.25, -0.2) is 0 Å². The Morgan fingerprint density at radius 2 is 1.75 bits per heavy atom. The van der Waals surface area contributed by atoms with Gasteiger partial charge in [0.2, 0.25) is 0 Å². The lowest BCUT2D eigenvalue weighted by Gasteiger charge is -1.91. The van der Waals surface area contributed by atoms with E-state index < -0.39 is 0 Å². The molecule has 99 valence electrons. The summed E-state index contributed by atoms with van der Waals surface area (Å²) >= 11 is 0. The van der Waals surface area contributed by atoms with Crippen LogP contribution in [0.25, 0.3) is 11.3 Å². The van der Waals surface area contributed by atoms with Crippen LogP contribution in [0, 0.1) is 6.07 Å². The number of nitrogens with zero attached hydrogens (tertiary/aromatic N) is 1. The van der Waals surface area contributed by atoms with Gasteiger partial charge >= 0.3 is 0 Å². The van der Waals surface area contributed by atoms with Gasteiger partial charge in [-0.1, -0.05) is 54.6 Å². The molecule has 0 spiro atoms. The maximum Gasteiger partial charge on any atom is 0.159 e. The summed E-state index contributed by atoms with van der Waals surface area (Å²) in [6.45, 7) is 1.56. The minimum absolute atomic E-state index is 0.121. The highest BCUT2D eigenvalue weighted by Crippen LogP contribution is 2.13. The van der Waals surface area contributed by atoms with Gasteiger partial charge in [0.15, 0.2) is 5.78 Å². The number of benzene rings is 2. The Bertz CT molecular complexity index is 631. The summed E-state index contributed by atoms with van der Waals surface area (Å²) < 4.78 is 0. The number of H-pyrrole nitrogens is 1. The van der Waals surface area contributed by atoms with E-state index in [0.29, 0.717) is 0 Å². The van der Waals surface area contributed by atoms with E-state index in [1.165, 1.54) is 0 Å². The lowest BCUT2D eigenvalue weighted by atomic mass is 10.2. The molecule has 0 aliphatic heterocycles. The predicted molar refractivity (Wildman–Crippen MR) is 79.3 cm³/mol. The zero-order valence-corrected chi connectivity index (χ0v) is 11.2. The fourth-order valence-electron chi connectivity index (χ4n) is 1.65. The molecule has 0 unspecified atom stereocenters. The summed E-state index contributed by atoms with van der Waals surface area (Å²) in [5.41, 5.74) is 2.86. The summed E-state index contributed by atoms with van der Waals surface area (Å²) in [4.78, 5) is 10.6. The molecule has 0 atom stereocenters. The number of aromatic amines is 1. The molecule has 0 fully saturated rings. The average molecular weight is 263 g/mol. The maximum atomic E-state index is 10.6. The van der Waals surface area contributed by atoms with E-state index in [-0.39, 0.29) is 5.78 Å². The zero-order valence-electron chi connectivity index (χ0n) is 11.2. The molecule has 3 nitrogen and oxygen atoms in total. The summed E-state index contributed by atoms with van der Waals surface area (Å²) in [6.07, 6.45) is 1.81. The molecular formula is C17H15N2O. The first-order chi connectivity index (χ1) is 9.77. The smallest absolute Gasteiger partial charge is 0.159 e. The Labute approximate surface area is 118 Å². The van der Waals surface area contributed by atoms with E-state index >= 15 is 0 Å². The third-order valence-corrected chi connectivity index (χ3v) is 2.70. The third kappa shape index (κ3) is 3.92. The number of aromatic nitrogens is 2. The molecule has 0 aliphatic rings. The number of rotatable bonds is 2. The fourth-order valence-corrected chi connectivity index (χ4v) is 1.65. The van der Waals surface area contributed by atoms with Crippen molar-refractivity contribution < 1.29 is 4.79 Å². The second-order valence-electron chi connectivity index (χ2n) is 4.17. The lowest BCUT2D eigenvalue weighted by Crippen LogP contribution is -1.88. The van der Waals surface area contributed by atoms with Crippen molar-refractivity contribution in [2.75, 3.05) is 0 Å². The van der Waals surface area contributed by atoms with E-state index in [9.17, 15) is 4.79 Å². The minimum atomic E-state index is 0.121. The van der Waals surface area contributed by atoms with Gasteiger partial charge < -0.3 is 0 Å². The quantitative estimate of drug-likeness (QED) is 0.715. The topological polar surface area (TPSA) is 45.8 Å². The Morgan fingerprint density at radius 3 is 2.25 bits per heavy atom. The van der Waals surface area contributed by atoms with Crippen LogP contribution in [-0.4, -0.2) is 16.0 Å². The molecule has 20 heavy (non-hydrogen) atoms. The summed E-state index contributed by atoms with van der Waals surface area (Å²) in [5.74, 6) is 0.121. The van der Waals surface area contributed by atoms with Crippen LogP contribution in [-0.2, 0) is 0 Å². The highest BCUT2D eigenvalue weighted by molar-refractivity contribution is 5.93. The van der Waals surface area contributed by atoms with Gasteiger partial charge in [0.1, 0.15) is 0 Å². The number of carbonyl (C=O) groups is 1. The van der Waals surface area contributed by atoms with Gasteiger partial charge in [-0.2, -0.15) is 5.10 Å². The van der Waals surface area contributed by atoms with Crippen LogP contribution in [0.1, 0.15) is 17.3 Å². The first-order valence-corrected chi connectivity index (χ1v) is 6.29. The van der Waals surface area contributed by atoms with Crippen molar-refractivity contribution in [2.24, 2.45) is 0 Å². The van der Waals surface area contributed by atoms with E-state index in [1.54, 1.807) is 6.92 Å². The number of hydrogen-bond donors (Lipinski definition) is 1. The number of ketones is 1. The molecule has 3 aromatic rings. The third-order valence-electron chi connectivity index (χ3n) is 2.70. The van der Waals surface area contributed by atoms with Crippen molar-refractivity contribution in [3.05, 3.63) is 78.5 Å². The molecule has 0 saturated heterocycles. The van der Waals surface area contributed by atoms with Crippen LogP contribution in [0.3, 0.4) is 0 Å². The van der Waals surface area contributed by atoms with Gasteiger partial charge in [0, 0.05) is 17.3 Å². The second-order valence-corrected chi connectivity index (χ2v) is 4.17. The SMILES string of the molecule is CC(=O)c1ccccc1.[c]1ccc(-c2cc[nH]n2)cc1. The molecule has 0 aliphatic carbocycles. The molecule has 1 radical (unpaired) electrons. The molecule has 0 bridgehead atoms. The predicted octanol–water partition coefficient (Wildman–Crippen LogP) is 3.77. The first kappa shape index (κ1) is 13.7. The molecule has 1 N–H and O–H groups in total. The normalized spacial score (nSPS) is 9.45. The van der Waals surface area contributed by atoms with Crippen LogP contribution in [0.5, 0.6) is 0 Å². The van der Waals surface area contributed by atoms with Crippen molar-refractivity contribution in [1.29, 1.82) is 0 Å². The van der Waals surface area contributed by atoms with E-state index in [1.807, 2.05) is 66.9 Å². The van der Waals surface area contributed by atoms with Gasteiger partial charge in [-0.15, -0.1) is 0 Å². The lowest BCUT2D eigenvalue weighted by molar-refractivity contribution is 0.101. The number of hydrogen-bond acceptors (Lipinski definition) is 2. The largest absolute Gasteiger partial charge is 0.295 e. The number of Topliss-reactive ketones (excluding diaryl/α,β-unsaturated/α-hetero) is 1. The van der Waals surface area contributed by atoms with Crippen LogP contribution >= 0.6 is 0 Å². The Morgan fingerprint density at radius 1 is 1.05 bits per heavy atom. The van der Waals surface area contributed by atoms with Gasteiger partial charge in [-0.3, -0.25) is 9.89 Å². The van der Waals surface area contributed by atoms with Crippen molar-refractivity contribution in [2.45, 2.75) is 6.92 Å². The zero-order chi connectivity index (χ0) is 14.2. The van der Waals surface area contributed by atoms with E-state index in [2.05, 4.69) is 16.3 Å². The van der Waals surface area contributed by atoms with Crippen LogP contribution in [0.15, 0.2) is 66.9 Å². The Hall–Kier alpha value is -2.68. The minimum Gasteiger partial charge on any atom is -0.295 e. The Balaban J connectivity index is 0.000000151. The summed E-state index contributed by atoms with van der Waals surface area (Å²) in [7, 11) is 0. The van der Waals surface area contributed by atoms with Crippen molar-refractivity contribution >= 4 is 5.78 Å². The van der Waals surface area contributed by atoms with E-state index in [0.717, 1.165) is 16.8 Å². The van der Waals surface area contributed by atoms with Crippen molar-refractivity contribution in [3.8, 4) is 11.3 Å². The molecule has 0 saturated carbocycles. The second kappa shape index (κ2) is 7.04. The Kier molecular flexibility index (Phi) is 4.84. The monoisotopic (exact) mass is 263 g/mol. The molecular weight excluding hydrogens is 248 g/mol. The number of carbonyl (C=O) groups excluding carboxylic acids is 1. The molecule has 0 amide bonds. The van der Waals surface area contributed by atoms with Crippen molar-refractivity contribution in [3.63, 3.8) is 0 Å². The summed E-state index contributed by atoms with van der Waals surface area (Å²) in [5, 5.41) is 6.82. The number of nitrogens with one attached hydrogen (secondary N) is 1. The van der Waals surface area contributed by atoms with Gasteiger partial charge in [0.05, 0.1) is 5.69 Å². The molecule has 1 aromatic heterocycles. The highest BCUT2D eigenvalue weighted by Gasteiger charge is 1.95. The van der Waals surface area contributed by atoms with Crippen LogP contribution in [0.4, 0.5) is 0 Å². The molecule has 1 heterocycles. The highest BCUT2D eigenvalue weighted by atomic mass is 16.1. The van der Waals surface area contributed by atoms with Crippen LogP contribution in [0.2, 0.25) is 0 Å². The first-order valence-electron chi connectivity index (χ1n) is 6.29. The van der Waals surface area contributed by atoms with Gasteiger partial charge in [-0.05, 0) is 19.1 Å². The molecule has 3 heteroatoms. The molecule has 3 rings (SSSR count). The maximum absolute atomic E-state index is 10.6.